The first kappa shape index (κ1) is 16.2. The molecular weight excluding hydrogens is 294 g/mol. The molecule has 2 nitrogen and oxygen atoms in total. The van der Waals surface area contributed by atoms with Gasteiger partial charge in [0.05, 0.1) is 6.61 Å². The maximum atomic E-state index is 5.94. The summed E-state index contributed by atoms with van der Waals surface area (Å²) in [5.74, 6) is 0. The van der Waals surface area contributed by atoms with Crippen LogP contribution in [0.2, 0.25) is 0 Å². The van der Waals surface area contributed by atoms with Crippen LogP contribution in [0.4, 0.5) is 0 Å². The maximum absolute atomic E-state index is 5.94. The fourth-order valence-corrected chi connectivity index (χ4v) is 5.31. The van der Waals surface area contributed by atoms with Crippen LogP contribution in [0.25, 0.3) is 0 Å². The van der Waals surface area contributed by atoms with Gasteiger partial charge in [0, 0.05) is 13.7 Å². The third-order valence-corrected chi connectivity index (χ3v) is 6.56. The molecule has 2 rings (SSSR count). The van der Waals surface area contributed by atoms with E-state index in [4.69, 9.17) is 16.4 Å². The molecule has 21 heavy (non-hydrogen) atoms. The lowest BCUT2D eigenvalue weighted by Crippen LogP contribution is -2.38. The van der Waals surface area contributed by atoms with E-state index in [1.807, 2.05) is 6.07 Å². The van der Waals surface area contributed by atoms with Gasteiger partial charge in [0.2, 0.25) is 0 Å². The highest BCUT2D eigenvalue weighted by Gasteiger charge is 2.16. The molecule has 110 valence electrons. The molecule has 0 radical (unpaired) electrons. The molecule has 2 aromatic rings. The molecule has 0 amide bonds. The van der Waals surface area contributed by atoms with Crippen molar-refractivity contribution in [3.63, 3.8) is 0 Å². The Bertz CT molecular complexity index is 613. The molecular formula is C17H21NOSSi. The van der Waals surface area contributed by atoms with Crippen molar-refractivity contribution in [3.8, 4) is 0 Å². The minimum Gasteiger partial charge on any atom is -0.380 e. The Morgan fingerprint density at radius 3 is 2.29 bits per heavy atom. The van der Waals surface area contributed by atoms with Gasteiger partial charge < -0.3 is 9.64 Å². The van der Waals surface area contributed by atoms with Crippen molar-refractivity contribution in [1.82, 2.24) is 4.90 Å². The molecule has 0 spiro atoms. The lowest BCUT2D eigenvalue weighted by atomic mass is 10.1. The fourth-order valence-electron chi connectivity index (χ4n) is 2.43. The average Bonchev–Trinajstić information content (AvgIpc) is 2.47. The van der Waals surface area contributed by atoms with Gasteiger partial charge in [-0.3, -0.25) is 0 Å². The van der Waals surface area contributed by atoms with Crippen LogP contribution in [0.5, 0.6) is 0 Å². The van der Waals surface area contributed by atoms with E-state index in [1.54, 1.807) is 7.11 Å². The minimum atomic E-state index is -1.19. The Morgan fingerprint density at radius 2 is 1.67 bits per heavy atom. The topological polar surface area (TPSA) is 12.5 Å². The van der Waals surface area contributed by atoms with Gasteiger partial charge in [-0.25, -0.2) is 0 Å². The van der Waals surface area contributed by atoms with Gasteiger partial charge in [-0.15, -0.1) is 11.6 Å². The highest BCUT2D eigenvalue weighted by atomic mass is 32.2. The molecule has 0 fully saturated rings. The van der Waals surface area contributed by atoms with Gasteiger partial charge in [0.15, 0.2) is 7.50 Å². The summed E-state index contributed by atoms with van der Waals surface area (Å²) in [6.45, 7) is 1.53. The predicted molar refractivity (Wildman–Crippen MR) is 93.6 cm³/mol. The van der Waals surface area contributed by atoms with Crippen LogP contribution >= 0.6 is 11.6 Å². The lowest BCUT2D eigenvalue weighted by Gasteiger charge is -2.18. The van der Waals surface area contributed by atoms with E-state index in [2.05, 4.69) is 61.5 Å². The molecule has 0 aromatic heterocycles. The predicted octanol–water partition coefficient (Wildman–Crippen LogP) is 2.20. The number of benzene rings is 2. The molecule has 0 saturated heterocycles. The van der Waals surface area contributed by atoms with Crippen molar-refractivity contribution in [1.29, 1.82) is 0 Å². The number of methoxy groups -OCH3 is 1. The van der Waals surface area contributed by atoms with Gasteiger partial charge in [-0.2, -0.15) is 0 Å². The second kappa shape index (κ2) is 7.71. The van der Waals surface area contributed by atoms with Crippen molar-refractivity contribution < 1.29 is 4.74 Å². The minimum absolute atomic E-state index is 0.619. The molecule has 0 aliphatic carbocycles. The van der Waals surface area contributed by atoms with Gasteiger partial charge in [-0.05, 0) is 35.6 Å². The first-order chi connectivity index (χ1) is 10.1. The summed E-state index contributed by atoms with van der Waals surface area (Å²) in [5, 5.41) is 2.58. The molecule has 4 heteroatoms. The second-order valence-electron chi connectivity index (χ2n) is 5.32. The normalized spacial score (nSPS) is 10.9. The van der Waals surface area contributed by atoms with Crippen molar-refractivity contribution in [2.45, 2.75) is 13.2 Å². The highest BCUT2D eigenvalue weighted by molar-refractivity contribution is 7.91. The standard InChI is InChI=1S/C17H21NOSSi/c1-18(2)12-14-8-7-9-15(13-19-3)17(14)21(20)16-10-5-4-6-11-16/h4-11H,12-13H2,1-3H3. The zero-order valence-corrected chi connectivity index (χ0v) is 14.6. The smallest absolute Gasteiger partial charge is 0.163 e. The van der Waals surface area contributed by atoms with Crippen LogP contribution in [0.1, 0.15) is 11.1 Å². The summed E-state index contributed by atoms with van der Waals surface area (Å²) in [6, 6.07) is 16.9. The summed E-state index contributed by atoms with van der Waals surface area (Å²) < 4.78 is 5.37. The largest absolute Gasteiger partial charge is 0.380 e. The van der Waals surface area contributed by atoms with Crippen LogP contribution in [0.15, 0.2) is 48.5 Å². The summed E-state index contributed by atoms with van der Waals surface area (Å²) in [4.78, 5) is 2.19. The second-order valence-corrected chi connectivity index (χ2v) is 8.28. The zero-order chi connectivity index (χ0) is 15.2. The molecule has 0 unspecified atom stereocenters. The van der Waals surface area contributed by atoms with E-state index in [0.29, 0.717) is 6.61 Å². The van der Waals surface area contributed by atoms with Gasteiger partial charge in [0.1, 0.15) is 0 Å². The van der Waals surface area contributed by atoms with Gasteiger partial charge in [0.25, 0.3) is 0 Å². The Kier molecular flexibility index (Phi) is 5.93. The Hall–Kier alpha value is -1.20. The summed E-state index contributed by atoms with van der Waals surface area (Å²) in [5.41, 5.74) is 2.55. The Labute approximate surface area is 133 Å². The molecule has 0 bridgehead atoms. The average molecular weight is 316 g/mol. The molecule has 0 aliphatic rings. The highest BCUT2D eigenvalue weighted by Crippen LogP contribution is 2.07. The van der Waals surface area contributed by atoms with E-state index < -0.39 is 7.50 Å². The van der Waals surface area contributed by atoms with E-state index in [0.717, 1.165) is 6.54 Å². The van der Waals surface area contributed by atoms with Gasteiger partial charge >= 0.3 is 0 Å². The summed E-state index contributed by atoms with van der Waals surface area (Å²) in [6.07, 6.45) is 0. The quantitative estimate of drug-likeness (QED) is 0.758. The molecule has 0 N–H and O–H groups in total. The van der Waals surface area contributed by atoms with Crippen LogP contribution < -0.4 is 10.4 Å². The number of hydrogen-bond donors (Lipinski definition) is 0. The molecule has 0 saturated carbocycles. The van der Waals surface area contributed by atoms with Crippen molar-refractivity contribution in [3.05, 3.63) is 59.7 Å². The van der Waals surface area contributed by atoms with Gasteiger partial charge in [-0.1, -0.05) is 48.5 Å². The van der Waals surface area contributed by atoms with E-state index >= 15 is 0 Å². The van der Waals surface area contributed by atoms with Crippen LogP contribution in [0.3, 0.4) is 0 Å². The number of rotatable bonds is 6. The Morgan fingerprint density at radius 1 is 1.00 bits per heavy atom. The molecule has 2 aromatic carbocycles. The number of hydrogen-bond acceptors (Lipinski definition) is 3. The number of nitrogens with zero attached hydrogens (tertiary/aromatic N) is 1. The SMILES string of the molecule is COCc1cccc(CN(C)C)c1[Si](=S)c1ccccc1. The first-order valence-electron chi connectivity index (χ1n) is 6.97. The van der Waals surface area contributed by atoms with E-state index in [9.17, 15) is 0 Å². The fraction of sp³-hybridized carbons (Fsp3) is 0.294. The number of ether oxygens (including phenoxy) is 1. The van der Waals surface area contributed by atoms with Crippen LogP contribution in [0, 0.1) is 0 Å². The molecule has 0 atom stereocenters. The van der Waals surface area contributed by atoms with E-state index in [-0.39, 0.29) is 0 Å². The maximum Gasteiger partial charge on any atom is 0.163 e. The third-order valence-electron chi connectivity index (χ3n) is 3.29. The van der Waals surface area contributed by atoms with Crippen LogP contribution in [-0.2, 0) is 17.9 Å². The summed E-state index contributed by atoms with van der Waals surface area (Å²) in [7, 11) is 4.72. The monoisotopic (exact) mass is 315 g/mol. The van der Waals surface area contributed by atoms with Crippen molar-refractivity contribution >= 4 is 29.5 Å². The van der Waals surface area contributed by atoms with Crippen molar-refractivity contribution in [2.75, 3.05) is 21.2 Å². The van der Waals surface area contributed by atoms with Crippen LogP contribution in [-0.4, -0.2) is 33.6 Å². The summed E-state index contributed by atoms with van der Waals surface area (Å²) >= 11 is 5.94. The van der Waals surface area contributed by atoms with Crippen molar-refractivity contribution in [2.24, 2.45) is 0 Å². The zero-order valence-electron chi connectivity index (χ0n) is 12.8. The Balaban J connectivity index is 2.50. The molecule has 0 heterocycles. The third kappa shape index (κ3) is 4.14. The molecule has 0 aliphatic heterocycles. The van der Waals surface area contributed by atoms with E-state index in [1.165, 1.54) is 21.5 Å². The lowest BCUT2D eigenvalue weighted by molar-refractivity contribution is 0.185. The first-order valence-corrected chi connectivity index (χ1v) is 9.61.